The molecule has 0 unspecified atom stereocenters. The monoisotopic (exact) mass is 306 g/mol. The number of Topliss-reactive ketones (excluding diaryl/α,β-unsaturated/α-hetero) is 1. The quantitative estimate of drug-likeness (QED) is 0.723. The van der Waals surface area contributed by atoms with Crippen LogP contribution < -0.4 is 0 Å². The van der Waals surface area contributed by atoms with Gasteiger partial charge in [0, 0.05) is 12.3 Å². The fourth-order valence-electron chi connectivity index (χ4n) is 6.93. The van der Waals surface area contributed by atoms with E-state index in [0.717, 1.165) is 44.9 Å². The second-order valence-electron chi connectivity index (χ2n) is 9.33. The zero-order valence-corrected chi connectivity index (χ0v) is 13.9. The second-order valence-corrected chi connectivity index (χ2v) is 9.33. The lowest BCUT2D eigenvalue weighted by atomic mass is 9.45. The maximum Gasteiger partial charge on any atom is 0.136 e. The third kappa shape index (κ3) is 1.97. The van der Waals surface area contributed by atoms with Gasteiger partial charge in [-0.25, -0.2) is 0 Å². The van der Waals surface area contributed by atoms with Crippen LogP contribution >= 0.6 is 0 Å². The van der Waals surface area contributed by atoms with Crippen LogP contribution in [0.2, 0.25) is 0 Å². The van der Waals surface area contributed by atoms with Crippen LogP contribution in [0.15, 0.2) is 0 Å². The molecule has 8 atom stereocenters. The normalized spacial score (nSPS) is 57.9. The predicted octanol–water partition coefficient (Wildman–Crippen LogP) is 2.93. The van der Waals surface area contributed by atoms with E-state index in [4.69, 9.17) is 0 Å². The first-order chi connectivity index (χ1) is 10.3. The van der Waals surface area contributed by atoms with Gasteiger partial charge in [0.05, 0.1) is 12.2 Å². The van der Waals surface area contributed by atoms with Crippen LogP contribution in [0.25, 0.3) is 0 Å². The first-order valence-electron chi connectivity index (χ1n) is 9.22. The summed E-state index contributed by atoms with van der Waals surface area (Å²) in [7, 11) is 0. The molecule has 3 heteroatoms. The highest BCUT2D eigenvalue weighted by atomic mass is 16.3. The van der Waals surface area contributed by atoms with E-state index in [-0.39, 0.29) is 29.0 Å². The van der Waals surface area contributed by atoms with Crippen LogP contribution in [0.1, 0.15) is 65.2 Å². The minimum absolute atomic E-state index is 0.174. The average molecular weight is 306 g/mol. The van der Waals surface area contributed by atoms with E-state index in [9.17, 15) is 15.0 Å². The number of fused-ring (bicyclic) bond motifs is 5. The van der Waals surface area contributed by atoms with Crippen molar-refractivity contribution in [3.8, 4) is 0 Å². The summed E-state index contributed by atoms with van der Waals surface area (Å²) in [5.74, 6) is 1.85. The smallest absolute Gasteiger partial charge is 0.136 e. The number of aliphatic hydroxyl groups excluding tert-OH is 2. The van der Waals surface area contributed by atoms with E-state index in [1.807, 2.05) is 0 Å². The summed E-state index contributed by atoms with van der Waals surface area (Å²) in [6.45, 7) is 4.69. The Bertz CT molecular complexity index is 489. The summed E-state index contributed by atoms with van der Waals surface area (Å²) in [5.41, 5.74) is 0.403. The number of ketones is 1. The minimum Gasteiger partial charge on any atom is -0.393 e. The minimum atomic E-state index is -0.208. The average Bonchev–Trinajstić information content (AvgIpc) is 2.75. The molecule has 0 bridgehead atoms. The van der Waals surface area contributed by atoms with Crippen molar-refractivity contribution in [2.24, 2.45) is 34.5 Å². The predicted molar refractivity (Wildman–Crippen MR) is 84.1 cm³/mol. The lowest BCUT2D eigenvalue weighted by molar-refractivity contribution is -0.158. The molecule has 0 saturated heterocycles. The number of aliphatic hydroxyl groups is 2. The molecule has 3 nitrogen and oxygen atoms in total. The van der Waals surface area contributed by atoms with Crippen LogP contribution in [0.4, 0.5) is 0 Å². The Morgan fingerprint density at radius 1 is 1.00 bits per heavy atom. The molecule has 4 fully saturated rings. The Morgan fingerprint density at radius 2 is 1.77 bits per heavy atom. The first kappa shape index (κ1) is 15.1. The molecular weight excluding hydrogens is 276 g/mol. The molecule has 0 amide bonds. The van der Waals surface area contributed by atoms with Crippen molar-refractivity contribution in [2.45, 2.75) is 77.4 Å². The van der Waals surface area contributed by atoms with Gasteiger partial charge in [-0.3, -0.25) is 4.79 Å². The molecule has 124 valence electrons. The van der Waals surface area contributed by atoms with E-state index < -0.39 is 0 Å². The van der Waals surface area contributed by atoms with Gasteiger partial charge in [0.1, 0.15) is 5.78 Å². The molecule has 0 heterocycles. The van der Waals surface area contributed by atoms with E-state index in [2.05, 4.69) is 13.8 Å². The summed E-state index contributed by atoms with van der Waals surface area (Å²) in [6, 6.07) is 0. The van der Waals surface area contributed by atoms with Gasteiger partial charge in [-0.1, -0.05) is 13.8 Å². The first-order valence-corrected chi connectivity index (χ1v) is 9.22. The van der Waals surface area contributed by atoms with E-state index >= 15 is 0 Å². The summed E-state index contributed by atoms with van der Waals surface area (Å²) in [5, 5.41) is 20.2. The van der Waals surface area contributed by atoms with Crippen LogP contribution in [0.5, 0.6) is 0 Å². The SMILES string of the molecule is C[C@]12CC[C@H]3[C@@H](C(=O)C[C@H]4C[C@H](O)CC[C@@]43C)[C@@H]1C[C@@H](O)C2. The maximum atomic E-state index is 13.0. The maximum absolute atomic E-state index is 13.0. The van der Waals surface area contributed by atoms with Crippen LogP contribution in [0.3, 0.4) is 0 Å². The van der Waals surface area contributed by atoms with Crippen LogP contribution in [-0.4, -0.2) is 28.2 Å². The molecule has 2 N–H and O–H groups in total. The Hall–Kier alpha value is -0.410. The van der Waals surface area contributed by atoms with Crippen molar-refractivity contribution >= 4 is 5.78 Å². The van der Waals surface area contributed by atoms with E-state index in [1.165, 1.54) is 0 Å². The summed E-state index contributed by atoms with van der Waals surface area (Å²) < 4.78 is 0. The Kier molecular flexibility index (Phi) is 3.30. The number of hydrogen-bond acceptors (Lipinski definition) is 3. The Labute approximate surface area is 133 Å². The lowest BCUT2D eigenvalue weighted by Gasteiger charge is -2.59. The van der Waals surface area contributed by atoms with Gasteiger partial charge in [-0.05, 0) is 73.5 Å². The fourth-order valence-corrected chi connectivity index (χ4v) is 6.93. The number of carbonyl (C=O) groups is 1. The van der Waals surface area contributed by atoms with E-state index in [0.29, 0.717) is 30.0 Å². The standard InChI is InChI=1S/C19H30O3/c1-18-5-4-14-17(15(18)9-13(21)10-18)16(22)8-11-7-12(20)3-6-19(11,14)2/h11-15,17,20-21H,3-10H2,1-2H3/t11-,12-,13-,14+,15+,17-,18-,19+/m1/s1. The molecule has 4 saturated carbocycles. The number of hydrogen-bond donors (Lipinski definition) is 2. The lowest BCUT2D eigenvalue weighted by Crippen LogP contribution is -2.56. The Morgan fingerprint density at radius 3 is 2.55 bits per heavy atom. The van der Waals surface area contributed by atoms with Crippen molar-refractivity contribution in [1.29, 1.82) is 0 Å². The molecule has 4 aliphatic carbocycles. The van der Waals surface area contributed by atoms with Gasteiger partial charge in [0.15, 0.2) is 0 Å². The molecule has 0 aliphatic heterocycles. The highest BCUT2D eigenvalue weighted by Gasteiger charge is 2.61. The molecule has 0 aromatic heterocycles. The summed E-state index contributed by atoms with van der Waals surface area (Å²) in [6.07, 6.45) is 7.04. The van der Waals surface area contributed by atoms with E-state index in [1.54, 1.807) is 0 Å². The number of rotatable bonds is 0. The van der Waals surface area contributed by atoms with Crippen LogP contribution in [0, 0.1) is 34.5 Å². The third-order valence-electron chi connectivity index (χ3n) is 8.19. The highest BCUT2D eigenvalue weighted by molar-refractivity contribution is 5.83. The molecule has 0 spiro atoms. The van der Waals surface area contributed by atoms with Gasteiger partial charge in [0.25, 0.3) is 0 Å². The Balaban J connectivity index is 1.68. The third-order valence-corrected chi connectivity index (χ3v) is 8.19. The van der Waals surface area contributed by atoms with Crippen molar-refractivity contribution < 1.29 is 15.0 Å². The topological polar surface area (TPSA) is 57.5 Å². The zero-order valence-electron chi connectivity index (χ0n) is 13.9. The molecule has 4 aliphatic rings. The summed E-state index contributed by atoms with van der Waals surface area (Å²) in [4.78, 5) is 13.0. The van der Waals surface area contributed by atoms with Crippen LogP contribution in [-0.2, 0) is 4.79 Å². The molecule has 0 aromatic carbocycles. The highest BCUT2D eigenvalue weighted by Crippen LogP contribution is 2.65. The largest absolute Gasteiger partial charge is 0.393 e. The van der Waals surface area contributed by atoms with Gasteiger partial charge in [0.2, 0.25) is 0 Å². The molecule has 22 heavy (non-hydrogen) atoms. The van der Waals surface area contributed by atoms with Crippen molar-refractivity contribution in [2.75, 3.05) is 0 Å². The van der Waals surface area contributed by atoms with Gasteiger partial charge in [-0.2, -0.15) is 0 Å². The van der Waals surface area contributed by atoms with Gasteiger partial charge in [-0.15, -0.1) is 0 Å². The fraction of sp³-hybridized carbons (Fsp3) is 0.947. The molecule has 0 radical (unpaired) electrons. The zero-order chi connectivity index (χ0) is 15.7. The summed E-state index contributed by atoms with van der Waals surface area (Å²) >= 11 is 0. The molecular formula is C19H30O3. The molecule has 0 aromatic rings. The second kappa shape index (κ2) is 4.80. The van der Waals surface area contributed by atoms with Crippen molar-refractivity contribution in [1.82, 2.24) is 0 Å². The van der Waals surface area contributed by atoms with Crippen molar-refractivity contribution in [3.05, 3.63) is 0 Å². The van der Waals surface area contributed by atoms with Gasteiger partial charge >= 0.3 is 0 Å². The van der Waals surface area contributed by atoms with Crippen molar-refractivity contribution in [3.63, 3.8) is 0 Å². The van der Waals surface area contributed by atoms with Gasteiger partial charge < -0.3 is 10.2 Å². The number of carbonyl (C=O) groups excluding carboxylic acids is 1. The molecule has 4 rings (SSSR count).